The van der Waals surface area contributed by atoms with Crippen LogP contribution in [0.2, 0.25) is 0 Å². The average molecular weight is 246 g/mol. The molecule has 1 unspecified atom stereocenters. The van der Waals surface area contributed by atoms with Crippen molar-refractivity contribution in [2.45, 2.75) is 39.8 Å². The summed E-state index contributed by atoms with van der Waals surface area (Å²) >= 11 is 0. The Kier molecular flexibility index (Phi) is 5.84. The third-order valence-corrected chi connectivity index (χ3v) is 2.91. The Labute approximate surface area is 109 Å². The van der Waals surface area contributed by atoms with Crippen molar-refractivity contribution in [2.75, 3.05) is 6.54 Å². The van der Waals surface area contributed by atoms with Crippen LogP contribution in [0.15, 0.2) is 18.2 Å². The molecule has 1 rings (SSSR count). The van der Waals surface area contributed by atoms with Crippen LogP contribution in [-0.2, 0) is 6.54 Å². The normalized spacial score (nSPS) is 12.4. The van der Waals surface area contributed by atoms with Gasteiger partial charge in [-0.15, -0.1) is 0 Å². The molecule has 1 aromatic rings. The fraction of sp³-hybridized carbons (Fsp3) is 0.533. The molecular formula is C15H22N2O. The summed E-state index contributed by atoms with van der Waals surface area (Å²) in [6, 6.07) is 7.82. The van der Waals surface area contributed by atoms with E-state index in [0.29, 0.717) is 18.0 Å². The van der Waals surface area contributed by atoms with E-state index in [9.17, 15) is 5.11 Å². The van der Waals surface area contributed by atoms with Crippen molar-refractivity contribution in [1.82, 2.24) is 5.32 Å². The van der Waals surface area contributed by atoms with Crippen molar-refractivity contribution < 1.29 is 5.11 Å². The summed E-state index contributed by atoms with van der Waals surface area (Å²) in [4.78, 5) is 0. The molecule has 0 fully saturated rings. The van der Waals surface area contributed by atoms with Crippen LogP contribution >= 0.6 is 0 Å². The lowest BCUT2D eigenvalue weighted by Crippen LogP contribution is -2.27. The van der Waals surface area contributed by atoms with Gasteiger partial charge in [0.1, 0.15) is 0 Å². The van der Waals surface area contributed by atoms with Crippen LogP contribution in [0.1, 0.15) is 37.0 Å². The predicted molar refractivity (Wildman–Crippen MR) is 73.1 cm³/mol. The van der Waals surface area contributed by atoms with Gasteiger partial charge in [0.25, 0.3) is 0 Å². The van der Waals surface area contributed by atoms with E-state index >= 15 is 0 Å². The molecule has 0 bridgehead atoms. The van der Waals surface area contributed by atoms with Gasteiger partial charge >= 0.3 is 0 Å². The highest BCUT2D eigenvalue weighted by molar-refractivity contribution is 5.37. The molecule has 18 heavy (non-hydrogen) atoms. The Balaban J connectivity index is 2.42. The van der Waals surface area contributed by atoms with Gasteiger partial charge in [0.15, 0.2) is 0 Å². The number of hydrogen-bond donors (Lipinski definition) is 2. The fourth-order valence-electron chi connectivity index (χ4n) is 1.96. The highest BCUT2D eigenvalue weighted by atomic mass is 16.3. The lowest BCUT2D eigenvalue weighted by Gasteiger charge is -2.14. The highest BCUT2D eigenvalue weighted by Gasteiger charge is 2.06. The Morgan fingerprint density at radius 3 is 2.67 bits per heavy atom. The van der Waals surface area contributed by atoms with Gasteiger partial charge in [-0.05, 0) is 42.5 Å². The highest BCUT2D eigenvalue weighted by Crippen LogP contribution is 2.10. The molecule has 0 spiro atoms. The topological polar surface area (TPSA) is 56.0 Å². The molecule has 0 aliphatic carbocycles. The van der Waals surface area contributed by atoms with Crippen LogP contribution in [0.4, 0.5) is 0 Å². The quantitative estimate of drug-likeness (QED) is 0.810. The third-order valence-electron chi connectivity index (χ3n) is 2.91. The average Bonchev–Trinajstić information content (AvgIpc) is 2.30. The zero-order valence-electron chi connectivity index (χ0n) is 11.4. The minimum atomic E-state index is -0.288. The van der Waals surface area contributed by atoms with Crippen molar-refractivity contribution in [3.8, 4) is 6.07 Å². The first kappa shape index (κ1) is 14.7. The standard InChI is InChI=1S/C15H22N2O/c1-11(2)6-15(18)10-17-9-14-5-4-13(8-16)7-12(14)3/h4-5,7,11,15,17-18H,6,9-10H2,1-3H3. The van der Waals surface area contributed by atoms with Gasteiger partial charge in [-0.2, -0.15) is 5.26 Å². The lowest BCUT2D eigenvalue weighted by molar-refractivity contribution is 0.146. The van der Waals surface area contributed by atoms with Crippen molar-refractivity contribution in [1.29, 1.82) is 5.26 Å². The number of rotatable bonds is 6. The van der Waals surface area contributed by atoms with Gasteiger partial charge in [0.05, 0.1) is 17.7 Å². The predicted octanol–water partition coefficient (Wildman–Crippen LogP) is 2.36. The maximum absolute atomic E-state index is 9.74. The minimum Gasteiger partial charge on any atom is -0.392 e. The first-order chi connectivity index (χ1) is 8.52. The van der Waals surface area contributed by atoms with E-state index in [4.69, 9.17) is 5.26 Å². The van der Waals surface area contributed by atoms with Crippen molar-refractivity contribution in [2.24, 2.45) is 5.92 Å². The van der Waals surface area contributed by atoms with E-state index in [2.05, 4.69) is 25.2 Å². The number of nitrogens with zero attached hydrogens (tertiary/aromatic N) is 1. The summed E-state index contributed by atoms with van der Waals surface area (Å²) < 4.78 is 0. The van der Waals surface area contributed by atoms with Crippen LogP contribution in [0.3, 0.4) is 0 Å². The summed E-state index contributed by atoms with van der Waals surface area (Å²) in [5.74, 6) is 0.512. The molecule has 0 aliphatic heterocycles. The molecule has 0 aliphatic rings. The molecule has 0 saturated heterocycles. The molecule has 1 atom stereocenters. The number of nitriles is 1. The molecule has 0 radical (unpaired) electrons. The maximum Gasteiger partial charge on any atom is 0.0991 e. The smallest absolute Gasteiger partial charge is 0.0991 e. The van der Waals surface area contributed by atoms with Crippen molar-refractivity contribution in [3.63, 3.8) is 0 Å². The summed E-state index contributed by atoms with van der Waals surface area (Å²) in [5.41, 5.74) is 2.97. The number of hydrogen-bond acceptors (Lipinski definition) is 3. The molecule has 0 amide bonds. The number of aliphatic hydroxyl groups excluding tert-OH is 1. The lowest BCUT2D eigenvalue weighted by atomic mass is 10.0. The van der Waals surface area contributed by atoms with E-state index in [-0.39, 0.29) is 6.10 Å². The number of aliphatic hydroxyl groups is 1. The second-order valence-electron chi connectivity index (χ2n) is 5.17. The van der Waals surface area contributed by atoms with Crippen LogP contribution < -0.4 is 5.32 Å². The molecule has 3 nitrogen and oxygen atoms in total. The van der Waals surface area contributed by atoms with Crippen LogP contribution in [0.25, 0.3) is 0 Å². The van der Waals surface area contributed by atoms with Gasteiger partial charge < -0.3 is 10.4 Å². The van der Waals surface area contributed by atoms with Gasteiger partial charge in [-0.1, -0.05) is 19.9 Å². The monoisotopic (exact) mass is 246 g/mol. The molecule has 0 aromatic heterocycles. The first-order valence-electron chi connectivity index (χ1n) is 6.41. The Hall–Kier alpha value is -1.37. The number of nitrogens with one attached hydrogen (secondary N) is 1. The number of benzene rings is 1. The van der Waals surface area contributed by atoms with E-state index in [0.717, 1.165) is 18.5 Å². The van der Waals surface area contributed by atoms with E-state index in [1.54, 1.807) is 0 Å². The van der Waals surface area contributed by atoms with E-state index < -0.39 is 0 Å². The van der Waals surface area contributed by atoms with Gasteiger partial charge in [-0.3, -0.25) is 0 Å². The maximum atomic E-state index is 9.74. The zero-order chi connectivity index (χ0) is 13.5. The molecule has 3 heteroatoms. The van der Waals surface area contributed by atoms with Gasteiger partial charge in [0, 0.05) is 13.1 Å². The summed E-state index contributed by atoms with van der Waals surface area (Å²) in [6.07, 6.45) is 0.531. The van der Waals surface area contributed by atoms with Crippen LogP contribution in [0, 0.1) is 24.2 Å². The fourth-order valence-corrected chi connectivity index (χ4v) is 1.96. The van der Waals surface area contributed by atoms with Gasteiger partial charge in [0.2, 0.25) is 0 Å². The van der Waals surface area contributed by atoms with Crippen molar-refractivity contribution >= 4 is 0 Å². The number of aryl methyl sites for hydroxylation is 1. The SMILES string of the molecule is Cc1cc(C#N)ccc1CNCC(O)CC(C)C. The molecule has 0 heterocycles. The van der Waals surface area contributed by atoms with Crippen LogP contribution in [-0.4, -0.2) is 17.8 Å². The van der Waals surface area contributed by atoms with E-state index in [1.165, 1.54) is 5.56 Å². The van der Waals surface area contributed by atoms with Crippen LogP contribution in [0.5, 0.6) is 0 Å². The minimum absolute atomic E-state index is 0.288. The Morgan fingerprint density at radius 1 is 1.39 bits per heavy atom. The Morgan fingerprint density at radius 2 is 2.11 bits per heavy atom. The third kappa shape index (κ3) is 4.87. The molecule has 2 N–H and O–H groups in total. The Bertz CT molecular complexity index is 421. The van der Waals surface area contributed by atoms with Crippen molar-refractivity contribution in [3.05, 3.63) is 34.9 Å². The summed E-state index contributed by atoms with van der Waals surface area (Å²) in [5, 5.41) is 21.8. The zero-order valence-corrected chi connectivity index (χ0v) is 11.4. The second-order valence-corrected chi connectivity index (χ2v) is 5.17. The van der Waals surface area contributed by atoms with E-state index in [1.807, 2.05) is 25.1 Å². The largest absolute Gasteiger partial charge is 0.392 e. The van der Waals surface area contributed by atoms with Gasteiger partial charge in [-0.25, -0.2) is 0 Å². The molecule has 1 aromatic carbocycles. The summed E-state index contributed by atoms with van der Waals surface area (Å²) in [6.45, 7) is 7.55. The molecule has 0 saturated carbocycles. The first-order valence-corrected chi connectivity index (χ1v) is 6.41. The molecule has 98 valence electrons. The second kappa shape index (κ2) is 7.15. The summed E-state index contributed by atoms with van der Waals surface area (Å²) in [7, 11) is 0. The molecular weight excluding hydrogens is 224 g/mol.